The molecule has 6 heteroatoms. The number of hydrogen-bond acceptors (Lipinski definition) is 6. The largest absolute Gasteiger partial charge is 0.383 e. The first-order valence-corrected chi connectivity index (χ1v) is 7.97. The number of aromatic nitrogens is 2. The highest BCUT2D eigenvalue weighted by Gasteiger charge is 2.12. The number of anilines is 1. The van der Waals surface area contributed by atoms with Gasteiger partial charge in [0.15, 0.2) is 5.82 Å². The Morgan fingerprint density at radius 3 is 2.85 bits per heavy atom. The lowest BCUT2D eigenvalue weighted by molar-refractivity contribution is 0.104. The van der Waals surface area contributed by atoms with Crippen molar-refractivity contribution in [1.29, 1.82) is 0 Å². The highest BCUT2D eigenvalue weighted by Crippen LogP contribution is 2.31. The molecule has 4 nitrogen and oxygen atoms in total. The minimum absolute atomic E-state index is 0.383. The average Bonchev–Trinajstić information content (AvgIpc) is 2.99. The molecule has 0 bridgehead atoms. The van der Waals surface area contributed by atoms with E-state index in [0.29, 0.717) is 24.9 Å². The highest BCUT2D eigenvalue weighted by molar-refractivity contribution is 7.18. The van der Waals surface area contributed by atoms with Crippen LogP contribution in [-0.2, 0) is 18.0 Å². The molecule has 0 radical (unpaired) electrons. The number of hydrogen-bond donors (Lipinski definition) is 1. The summed E-state index contributed by atoms with van der Waals surface area (Å²) in [6.07, 6.45) is 0. The number of nitrogen functional groups attached to an aromatic ring is 1. The van der Waals surface area contributed by atoms with Crippen molar-refractivity contribution in [2.75, 3.05) is 5.73 Å². The van der Waals surface area contributed by atoms with Gasteiger partial charge in [0.2, 0.25) is 0 Å². The van der Waals surface area contributed by atoms with Crippen LogP contribution < -0.4 is 5.73 Å². The van der Waals surface area contributed by atoms with Gasteiger partial charge in [0.1, 0.15) is 17.3 Å². The van der Waals surface area contributed by atoms with Crippen LogP contribution in [0.5, 0.6) is 0 Å². The molecule has 0 spiro atoms. The van der Waals surface area contributed by atoms with Gasteiger partial charge in [-0.05, 0) is 30.9 Å². The number of fused-ring (bicyclic) bond motifs is 1. The lowest BCUT2D eigenvalue weighted by atomic mass is 10.2. The Kier molecular flexibility index (Phi) is 3.69. The second-order valence-electron chi connectivity index (χ2n) is 4.56. The van der Waals surface area contributed by atoms with E-state index in [1.807, 2.05) is 11.4 Å². The van der Waals surface area contributed by atoms with E-state index in [0.717, 1.165) is 10.2 Å². The summed E-state index contributed by atoms with van der Waals surface area (Å²) in [7, 11) is 0. The molecule has 3 aromatic rings. The third kappa shape index (κ3) is 2.54. The zero-order valence-corrected chi connectivity index (χ0v) is 13.0. The lowest BCUT2D eigenvalue weighted by Crippen LogP contribution is -2.02. The van der Waals surface area contributed by atoms with Gasteiger partial charge in [0.05, 0.1) is 12.0 Å². The van der Waals surface area contributed by atoms with Crippen LogP contribution in [0.2, 0.25) is 0 Å². The number of nitrogens with zero attached hydrogens (tertiary/aromatic N) is 2. The maximum absolute atomic E-state index is 6.04. The summed E-state index contributed by atoms with van der Waals surface area (Å²) in [5.74, 6) is 1.19. The van der Waals surface area contributed by atoms with Gasteiger partial charge in [0.25, 0.3) is 0 Å². The van der Waals surface area contributed by atoms with Crippen molar-refractivity contribution in [1.82, 2.24) is 9.97 Å². The molecule has 104 valence electrons. The third-order valence-corrected chi connectivity index (χ3v) is 5.11. The van der Waals surface area contributed by atoms with Crippen molar-refractivity contribution in [3.63, 3.8) is 0 Å². The summed E-state index contributed by atoms with van der Waals surface area (Å²) in [6, 6.07) is 4.07. The van der Waals surface area contributed by atoms with Gasteiger partial charge in [0, 0.05) is 9.75 Å². The molecule has 0 aliphatic carbocycles. The normalized spacial score (nSPS) is 11.3. The Bertz CT molecular complexity index is 735. The van der Waals surface area contributed by atoms with E-state index in [9.17, 15) is 0 Å². The summed E-state index contributed by atoms with van der Waals surface area (Å²) in [4.78, 5) is 12.3. The standard InChI is InChI=1S/C14H15N3OS2/c1-8-9(2)20-14-12(8)13(15)16-11(17-14)7-18-6-10-4-3-5-19-10/h3-5H,6-7H2,1-2H3,(H2,15,16,17). The molecule has 2 N–H and O–H groups in total. The van der Waals surface area contributed by atoms with E-state index in [1.54, 1.807) is 22.7 Å². The van der Waals surface area contributed by atoms with Crippen molar-refractivity contribution in [3.8, 4) is 0 Å². The molecular weight excluding hydrogens is 290 g/mol. The van der Waals surface area contributed by atoms with E-state index in [-0.39, 0.29) is 0 Å². The fourth-order valence-electron chi connectivity index (χ4n) is 2.03. The van der Waals surface area contributed by atoms with Crippen LogP contribution in [0.25, 0.3) is 10.2 Å². The van der Waals surface area contributed by atoms with E-state index in [4.69, 9.17) is 10.5 Å². The molecule has 3 rings (SSSR count). The summed E-state index contributed by atoms with van der Waals surface area (Å²) < 4.78 is 5.64. The average molecular weight is 305 g/mol. The quantitative estimate of drug-likeness (QED) is 0.799. The Hall–Kier alpha value is -1.50. The molecule has 0 aromatic carbocycles. The Morgan fingerprint density at radius 2 is 2.10 bits per heavy atom. The van der Waals surface area contributed by atoms with E-state index in [2.05, 4.69) is 29.9 Å². The fraction of sp³-hybridized carbons (Fsp3) is 0.286. The van der Waals surface area contributed by atoms with Crippen LogP contribution in [0, 0.1) is 13.8 Å². The SMILES string of the molecule is Cc1sc2nc(COCc3cccs3)nc(N)c2c1C. The molecule has 0 fully saturated rings. The Labute approximate surface area is 125 Å². The molecule has 0 aliphatic heterocycles. The first-order chi connectivity index (χ1) is 9.65. The van der Waals surface area contributed by atoms with E-state index < -0.39 is 0 Å². The molecule has 3 aromatic heterocycles. The lowest BCUT2D eigenvalue weighted by Gasteiger charge is -2.04. The van der Waals surface area contributed by atoms with Gasteiger partial charge in [-0.2, -0.15) is 0 Å². The minimum atomic E-state index is 0.383. The van der Waals surface area contributed by atoms with Crippen molar-refractivity contribution in [3.05, 3.63) is 38.7 Å². The molecule has 0 saturated carbocycles. The molecule has 0 aliphatic rings. The first-order valence-electron chi connectivity index (χ1n) is 6.27. The fourth-order valence-corrected chi connectivity index (χ4v) is 3.73. The number of aryl methyl sites for hydroxylation is 2. The van der Waals surface area contributed by atoms with Gasteiger partial charge in [-0.1, -0.05) is 6.07 Å². The predicted octanol–water partition coefficient (Wildman–Crippen LogP) is 3.67. The number of ether oxygens (including phenoxy) is 1. The molecule has 0 saturated heterocycles. The zero-order valence-electron chi connectivity index (χ0n) is 11.3. The number of thiophene rings is 2. The van der Waals surface area contributed by atoms with Crippen molar-refractivity contribution in [2.45, 2.75) is 27.1 Å². The Morgan fingerprint density at radius 1 is 1.25 bits per heavy atom. The van der Waals surface area contributed by atoms with E-state index in [1.165, 1.54) is 15.3 Å². The van der Waals surface area contributed by atoms with Gasteiger partial charge in [-0.15, -0.1) is 22.7 Å². The van der Waals surface area contributed by atoms with Gasteiger partial charge < -0.3 is 10.5 Å². The Balaban J connectivity index is 1.78. The number of nitrogens with two attached hydrogens (primary N) is 1. The molecule has 0 amide bonds. The molecular formula is C14H15N3OS2. The topological polar surface area (TPSA) is 61.0 Å². The summed E-state index contributed by atoms with van der Waals surface area (Å²) in [5.41, 5.74) is 7.21. The highest BCUT2D eigenvalue weighted by atomic mass is 32.1. The van der Waals surface area contributed by atoms with Crippen LogP contribution in [0.3, 0.4) is 0 Å². The molecule has 0 unspecified atom stereocenters. The van der Waals surface area contributed by atoms with Crippen molar-refractivity contribution in [2.24, 2.45) is 0 Å². The monoisotopic (exact) mass is 305 g/mol. The summed E-state index contributed by atoms with van der Waals surface area (Å²) in [6.45, 7) is 5.10. The zero-order chi connectivity index (χ0) is 14.1. The molecule has 3 heterocycles. The van der Waals surface area contributed by atoms with Crippen LogP contribution in [0.4, 0.5) is 5.82 Å². The second-order valence-corrected chi connectivity index (χ2v) is 6.80. The van der Waals surface area contributed by atoms with Gasteiger partial charge >= 0.3 is 0 Å². The van der Waals surface area contributed by atoms with Crippen LogP contribution >= 0.6 is 22.7 Å². The van der Waals surface area contributed by atoms with Gasteiger partial charge in [-0.25, -0.2) is 9.97 Å². The number of rotatable bonds is 4. The van der Waals surface area contributed by atoms with Gasteiger partial charge in [-0.3, -0.25) is 0 Å². The van der Waals surface area contributed by atoms with Crippen LogP contribution in [0.15, 0.2) is 17.5 Å². The maximum atomic E-state index is 6.04. The van der Waals surface area contributed by atoms with E-state index >= 15 is 0 Å². The molecule has 0 atom stereocenters. The summed E-state index contributed by atoms with van der Waals surface area (Å²) in [5, 5.41) is 3.02. The predicted molar refractivity (Wildman–Crippen MR) is 84.1 cm³/mol. The minimum Gasteiger partial charge on any atom is -0.383 e. The van der Waals surface area contributed by atoms with Crippen LogP contribution in [-0.4, -0.2) is 9.97 Å². The third-order valence-electron chi connectivity index (χ3n) is 3.16. The van der Waals surface area contributed by atoms with Crippen molar-refractivity contribution < 1.29 is 4.74 Å². The second kappa shape index (κ2) is 5.47. The maximum Gasteiger partial charge on any atom is 0.158 e. The molecule has 20 heavy (non-hydrogen) atoms. The first kappa shape index (κ1) is 13.5. The van der Waals surface area contributed by atoms with Crippen molar-refractivity contribution >= 4 is 38.7 Å². The van der Waals surface area contributed by atoms with Crippen LogP contribution in [0.1, 0.15) is 21.1 Å². The summed E-state index contributed by atoms with van der Waals surface area (Å²) >= 11 is 3.33. The smallest absolute Gasteiger partial charge is 0.158 e.